The van der Waals surface area contributed by atoms with E-state index in [-0.39, 0.29) is 4.90 Å². The Kier molecular flexibility index (Phi) is 4.28. The first kappa shape index (κ1) is 18.1. The molecule has 0 spiro atoms. The molecular formula is C21H23NO4S. The molecule has 0 aliphatic carbocycles. The van der Waals surface area contributed by atoms with E-state index in [0.29, 0.717) is 17.8 Å². The minimum absolute atomic E-state index is 0.194. The van der Waals surface area contributed by atoms with Crippen molar-refractivity contribution >= 4 is 20.9 Å². The predicted molar refractivity (Wildman–Crippen MR) is 105 cm³/mol. The summed E-state index contributed by atoms with van der Waals surface area (Å²) in [6.07, 6.45) is 2.78. The summed E-state index contributed by atoms with van der Waals surface area (Å²) in [5, 5.41) is 11.5. The molecule has 0 amide bonds. The first-order chi connectivity index (χ1) is 12.8. The van der Waals surface area contributed by atoms with Crippen LogP contribution in [0.5, 0.6) is 5.75 Å². The lowest BCUT2D eigenvalue weighted by Crippen LogP contribution is -2.25. The van der Waals surface area contributed by atoms with E-state index in [4.69, 9.17) is 4.74 Å². The van der Waals surface area contributed by atoms with Crippen molar-refractivity contribution in [3.05, 3.63) is 59.8 Å². The Morgan fingerprint density at radius 1 is 1.07 bits per heavy atom. The van der Waals surface area contributed by atoms with E-state index in [9.17, 15) is 13.5 Å². The monoisotopic (exact) mass is 385 g/mol. The molecule has 3 aromatic rings. The van der Waals surface area contributed by atoms with Gasteiger partial charge in [0, 0.05) is 10.9 Å². The van der Waals surface area contributed by atoms with Gasteiger partial charge < -0.3 is 9.84 Å². The topological polar surface area (TPSA) is 68.5 Å². The van der Waals surface area contributed by atoms with Crippen molar-refractivity contribution in [2.75, 3.05) is 6.61 Å². The van der Waals surface area contributed by atoms with E-state index < -0.39 is 15.6 Å². The quantitative estimate of drug-likeness (QED) is 0.744. The number of ether oxygens (including phenoxy) is 1. The molecule has 5 nitrogen and oxygen atoms in total. The molecule has 0 radical (unpaired) electrons. The summed E-state index contributed by atoms with van der Waals surface area (Å²) in [7, 11) is -3.86. The van der Waals surface area contributed by atoms with Crippen molar-refractivity contribution in [2.45, 2.75) is 43.6 Å². The van der Waals surface area contributed by atoms with Gasteiger partial charge >= 0.3 is 0 Å². The highest BCUT2D eigenvalue weighted by atomic mass is 32.2. The van der Waals surface area contributed by atoms with Crippen LogP contribution in [0.1, 0.15) is 37.9 Å². The summed E-state index contributed by atoms with van der Waals surface area (Å²) in [5.41, 5.74) is 0.607. The zero-order valence-electron chi connectivity index (χ0n) is 15.5. The van der Waals surface area contributed by atoms with Crippen LogP contribution in [0.15, 0.2) is 53.4 Å². The molecule has 0 saturated carbocycles. The molecule has 0 atom stereocenters. The molecule has 0 unspecified atom stereocenters. The van der Waals surface area contributed by atoms with Crippen molar-refractivity contribution in [2.24, 2.45) is 0 Å². The first-order valence-corrected chi connectivity index (χ1v) is 10.6. The number of rotatable bonds is 3. The molecule has 0 bridgehead atoms. The van der Waals surface area contributed by atoms with Crippen molar-refractivity contribution < 1.29 is 18.3 Å². The highest BCUT2D eigenvalue weighted by Gasteiger charge is 2.31. The molecule has 2 heterocycles. The Labute approximate surface area is 159 Å². The van der Waals surface area contributed by atoms with Gasteiger partial charge in [0.05, 0.1) is 22.7 Å². The van der Waals surface area contributed by atoms with Crippen LogP contribution < -0.4 is 4.74 Å². The number of nitrogens with zero attached hydrogens (tertiary/aromatic N) is 1. The van der Waals surface area contributed by atoms with Crippen LogP contribution in [0.3, 0.4) is 0 Å². The van der Waals surface area contributed by atoms with Crippen LogP contribution >= 0.6 is 0 Å². The van der Waals surface area contributed by atoms with Gasteiger partial charge in [0.1, 0.15) is 11.4 Å². The molecule has 6 heteroatoms. The number of fused-ring (bicyclic) bond motifs is 3. The van der Waals surface area contributed by atoms with Gasteiger partial charge in [0.25, 0.3) is 10.0 Å². The van der Waals surface area contributed by atoms with E-state index in [2.05, 4.69) is 0 Å². The normalized spacial score (nSPS) is 15.2. The van der Waals surface area contributed by atoms with E-state index in [1.807, 2.05) is 6.07 Å². The summed E-state index contributed by atoms with van der Waals surface area (Å²) in [6, 6.07) is 13.7. The number of hydrogen-bond acceptors (Lipinski definition) is 4. The maximum Gasteiger partial charge on any atom is 0.268 e. The van der Waals surface area contributed by atoms with Gasteiger partial charge in [-0.2, -0.15) is 0 Å². The predicted octanol–water partition coefficient (Wildman–Crippen LogP) is 3.82. The number of hydrogen-bond donors (Lipinski definition) is 1. The van der Waals surface area contributed by atoms with Gasteiger partial charge in [-0.25, -0.2) is 12.4 Å². The smallest absolute Gasteiger partial charge is 0.268 e. The largest absolute Gasteiger partial charge is 0.493 e. The van der Waals surface area contributed by atoms with E-state index >= 15 is 0 Å². The van der Waals surface area contributed by atoms with Gasteiger partial charge in [0.15, 0.2) is 0 Å². The SMILES string of the molecule is CC(C)(O)c1cc2c3c(ccc2n1S(=O)(=O)c1ccccc1)OCCCC3. The minimum Gasteiger partial charge on any atom is -0.493 e. The summed E-state index contributed by atoms with van der Waals surface area (Å²) in [5.74, 6) is 0.802. The lowest BCUT2D eigenvalue weighted by atomic mass is 10.0. The molecule has 1 aliphatic heterocycles. The molecule has 142 valence electrons. The fourth-order valence-corrected chi connectivity index (χ4v) is 5.32. The van der Waals surface area contributed by atoms with Crippen molar-refractivity contribution in [3.63, 3.8) is 0 Å². The van der Waals surface area contributed by atoms with E-state index in [1.165, 1.54) is 3.97 Å². The molecular weight excluding hydrogens is 362 g/mol. The Morgan fingerprint density at radius 2 is 1.81 bits per heavy atom. The van der Waals surface area contributed by atoms with Crippen LogP contribution in [0.4, 0.5) is 0 Å². The molecule has 2 aromatic carbocycles. The Hall–Kier alpha value is -2.31. The van der Waals surface area contributed by atoms with Crippen LogP contribution in [-0.2, 0) is 22.0 Å². The fourth-order valence-electron chi connectivity index (χ4n) is 3.66. The number of aryl methyl sites for hydroxylation is 1. The third-order valence-corrected chi connectivity index (χ3v) is 6.74. The highest BCUT2D eigenvalue weighted by molar-refractivity contribution is 7.90. The number of aromatic nitrogens is 1. The Bertz CT molecular complexity index is 1090. The Balaban J connectivity index is 2.06. The average molecular weight is 385 g/mol. The minimum atomic E-state index is -3.86. The van der Waals surface area contributed by atoms with Crippen molar-refractivity contribution in [3.8, 4) is 5.75 Å². The second-order valence-electron chi connectivity index (χ2n) is 7.45. The maximum atomic E-state index is 13.4. The van der Waals surface area contributed by atoms with E-state index in [1.54, 1.807) is 56.3 Å². The zero-order valence-corrected chi connectivity index (χ0v) is 16.3. The molecule has 0 fully saturated rings. The van der Waals surface area contributed by atoms with Crippen LogP contribution in [0.2, 0.25) is 0 Å². The molecule has 1 aliphatic rings. The number of benzene rings is 2. The molecule has 4 rings (SSSR count). The molecule has 1 aromatic heterocycles. The summed E-state index contributed by atoms with van der Waals surface area (Å²) in [6.45, 7) is 3.88. The van der Waals surface area contributed by atoms with Gasteiger partial charge in [-0.15, -0.1) is 0 Å². The second kappa shape index (κ2) is 6.39. The summed E-state index contributed by atoms with van der Waals surface area (Å²) < 4.78 is 34.0. The Morgan fingerprint density at radius 3 is 2.52 bits per heavy atom. The van der Waals surface area contributed by atoms with Gasteiger partial charge in [0.2, 0.25) is 0 Å². The van der Waals surface area contributed by atoms with Crippen molar-refractivity contribution in [1.82, 2.24) is 3.97 Å². The van der Waals surface area contributed by atoms with Crippen molar-refractivity contribution in [1.29, 1.82) is 0 Å². The van der Waals surface area contributed by atoms with Gasteiger partial charge in [-0.05, 0) is 63.4 Å². The molecule has 1 N–H and O–H groups in total. The van der Waals surface area contributed by atoms with Gasteiger partial charge in [-0.3, -0.25) is 0 Å². The summed E-state index contributed by atoms with van der Waals surface area (Å²) in [4.78, 5) is 0.194. The maximum absolute atomic E-state index is 13.4. The second-order valence-corrected chi connectivity index (χ2v) is 9.24. The zero-order chi connectivity index (χ0) is 19.2. The lowest BCUT2D eigenvalue weighted by Gasteiger charge is -2.21. The number of aliphatic hydroxyl groups is 1. The molecule has 0 saturated heterocycles. The van der Waals surface area contributed by atoms with E-state index in [0.717, 1.165) is 36.0 Å². The van der Waals surface area contributed by atoms with Crippen LogP contribution in [-0.4, -0.2) is 24.1 Å². The highest BCUT2D eigenvalue weighted by Crippen LogP contribution is 2.38. The van der Waals surface area contributed by atoms with Crippen LogP contribution in [0.25, 0.3) is 10.9 Å². The molecule has 27 heavy (non-hydrogen) atoms. The third-order valence-electron chi connectivity index (χ3n) is 5.00. The van der Waals surface area contributed by atoms with Crippen LogP contribution in [0, 0.1) is 0 Å². The first-order valence-electron chi connectivity index (χ1n) is 9.14. The van der Waals surface area contributed by atoms with Gasteiger partial charge in [-0.1, -0.05) is 18.2 Å². The third kappa shape index (κ3) is 3.03. The summed E-state index contributed by atoms with van der Waals surface area (Å²) >= 11 is 0. The average Bonchev–Trinajstić information content (AvgIpc) is 2.89. The lowest BCUT2D eigenvalue weighted by molar-refractivity contribution is 0.0733. The standard InChI is InChI=1S/C21H23NO4S/c1-21(2,23)20-14-17-16-10-6-7-13-26-19(16)12-11-18(17)22(20)27(24,25)15-8-4-3-5-9-15/h3-5,8-9,11-12,14,23H,6-7,10,13H2,1-2H3. The fraction of sp³-hybridized carbons (Fsp3) is 0.333.